The van der Waals surface area contributed by atoms with E-state index in [0.29, 0.717) is 13.2 Å². The van der Waals surface area contributed by atoms with Crippen LogP contribution in [-0.4, -0.2) is 35.8 Å². The van der Waals surface area contributed by atoms with Crippen molar-refractivity contribution in [1.29, 1.82) is 0 Å². The van der Waals surface area contributed by atoms with Crippen LogP contribution in [0.3, 0.4) is 0 Å². The summed E-state index contributed by atoms with van der Waals surface area (Å²) in [7, 11) is 3.51. The molecule has 3 rings (SSSR count). The van der Waals surface area contributed by atoms with Crippen molar-refractivity contribution in [2.75, 3.05) is 20.3 Å². The summed E-state index contributed by atoms with van der Waals surface area (Å²) >= 11 is 0. The summed E-state index contributed by atoms with van der Waals surface area (Å²) in [6.45, 7) is 2.77. The number of methoxy groups -OCH3 is 1. The molecule has 1 unspecified atom stereocenters. The van der Waals surface area contributed by atoms with Crippen LogP contribution in [0, 0.1) is 6.92 Å². The second-order valence-corrected chi connectivity index (χ2v) is 6.67. The lowest BCUT2D eigenvalue weighted by Crippen LogP contribution is -2.40. The third-order valence-corrected chi connectivity index (χ3v) is 4.47. The number of rotatable bonds is 8. The average Bonchev–Trinajstić information content (AvgIpc) is 3.15. The van der Waals surface area contributed by atoms with Crippen molar-refractivity contribution >= 4 is 6.03 Å². The van der Waals surface area contributed by atoms with Crippen molar-refractivity contribution in [3.05, 3.63) is 77.9 Å². The van der Waals surface area contributed by atoms with Gasteiger partial charge in [0.15, 0.2) is 0 Å². The molecule has 3 aromatic rings. The number of benzene rings is 2. The normalized spacial score (nSPS) is 11.6. The van der Waals surface area contributed by atoms with Gasteiger partial charge in [0.05, 0.1) is 13.7 Å². The molecule has 0 saturated heterocycles. The number of hydrogen-bond acceptors (Lipinski definition) is 4. The fourth-order valence-electron chi connectivity index (χ4n) is 2.99. The van der Waals surface area contributed by atoms with Gasteiger partial charge in [-0.25, -0.2) is 9.78 Å². The van der Waals surface area contributed by atoms with E-state index in [1.165, 1.54) is 0 Å². The lowest BCUT2D eigenvalue weighted by Gasteiger charge is -2.20. The first-order chi connectivity index (χ1) is 14.1. The minimum absolute atomic E-state index is 0.298. The highest BCUT2D eigenvalue weighted by molar-refractivity contribution is 5.74. The smallest absolute Gasteiger partial charge is 0.315 e. The molecule has 0 aliphatic carbocycles. The standard InChI is InChI=1S/C22H26N4O3/c1-16-6-4-9-19(14-16)29-13-11-24-22(27)25-20(21-23-10-12-26(21)2)17-7-5-8-18(15-17)28-3/h4-10,12,14-15,20H,11,13H2,1-3H3,(H2,24,25,27). The molecule has 152 valence electrons. The van der Waals surface area contributed by atoms with Crippen LogP contribution >= 0.6 is 0 Å². The van der Waals surface area contributed by atoms with Crippen molar-refractivity contribution in [2.45, 2.75) is 13.0 Å². The van der Waals surface area contributed by atoms with Crippen LogP contribution in [0.5, 0.6) is 11.5 Å². The molecule has 0 bridgehead atoms. The van der Waals surface area contributed by atoms with Crippen molar-refractivity contribution < 1.29 is 14.3 Å². The molecule has 0 aliphatic heterocycles. The maximum Gasteiger partial charge on any atom is 0.315 e. The van der Waals surface area contributed by atoms with Gasteiger partial charge in [0.2, 0.25) is 0 Å². The predicted molar refractivity (Wildman–Crippen MR) is 111 cm³/mol. The van der Waals surface area contributed by atoms with E-state index < -0.39 is 6.04 Å². The third kappa shape index (κ3) is 5.51. The molecule has 2 aromatic carbocycles. The maximum absolute atomic E-state index is 12.5. The van der Waals surface area contributed by atoms with E-state index in [1.807, 2.05) is 73.3 Å². The van der Waals surface area contributed by atoms with Gasteiger partial charge in [-0.15, -0.1) is 0 Å². The SMILES string of the molecule is COc1cccc(C(NC(=O)NCCOc2cccc(C)c2)c2nccn2C)c1. The summed E-state index contributed by atoms with van der Waals surface area (Å²) in [5, 5.41) is 5.83. The number of carbonyl (C=O) groups excluding carboxylic acids is 1. The van der Waals surface area contributed by atoms with Gasteiger partial charge >= 0.3 is 6.03 Å². The van der Waals surface area contributed by atoms with Crippen molar-refractivity contribution in [3.63, 3.8) is 0 Å². The average molecular weight is 394 g/mol. The first kappa shape index (κ1) is 20.3. The number of aryl methyl sites for hydroxylation is 2. The number of imidazole rings is 1. The third-order valence-electron chi connectivity index (χ3n) is 4.47. The van der Waals surface area contributed by atoms with E-state index in [4.69, 9.17) is 9.47 Å². The van der Waals surface area contributed by atoms with Crippen LogP contribution < -0.4 is 20.1 Å². The van der Waals surface area contributed by atoms with Crippen molar-refractivity contribution in [1.82, 2.24) is 20.2 Å². The molecule has 1 aromatic heterocycles. The number of nitrogens with one attached hydrogen (secondary N) is 2. The molecule has 7 heteroatoms. The first-order valence-electron chi connectivity index (χ1n) is 9.42. The molecule has 0 aliphatic rings. The van der Waals surface area contributed by atoms with E-state index >= 15 is 0 Å². The van der Waals surface area contributed by atoms with Crippen molar-refractivity contribution in [2.24, 2.45) is 7.05 Å². The van der Waals surface area contributed by atoms with Gasteiger partial charge in [-0.1, -0.05) is 24.3 Å². The van der Waals surface area contributed by atoms with Crippen molar-refractivity contribution in [3.8, 4) is 11.5 Å². The van der Waals surface area contributed by atoms with Gasteiger partial charge in [0, 0.05) is 19.4 Å². The Morgan fingerprint density at radius 3 is 2.69 bits per heavy atom. The summed E-state index contributed by atoms with van der Waals surface area (Å²) in [5.74, 6) is 2.23. The number of carbonyl (C=O) groups is 1. The van der Waals surface area contributed by atoms with Crippen LogP contribution in [0.25, 0.3) is 0 Å². The molecule has 0 spiro atoms. The zero-order valence-corrected chi connectivity index (χ0v) is 16.9. The highest BCUT2D eigenvalue weighted by Crippen LogP contribution is 2.24. The number of nitrogens with zero attached hydrogens (tertiary/aromatic N) is 2. The van der Waals surface area contributed by atoms with Crippen LogP contribution in [0.2, 0.25) is 0 Å². The zero-order chi connectivity index (χ0) is 20.6. The topological polar surface area (TPSA) is 77.4 Å². The van der Waals surface area contributed by atoms with E-state index in [0.717, 1.165) is 28.5 Å². The van der Waals surface area contributed by atoms with Gasteiger partial charge < -0.3 is 24.7 Å². The van der Waals surface area contributed by atoms with E-state index in [1.54, 1.807) is 13.3 Å². The van der Waals surface area contributed by atoms with Crippen LogP contribution in [-0.2, 0) is 7.05 Å². The second-order valence-electron chi connectivity index (χ2n) is 6.67. The highest BCUT2D eigenvalue weighted by atomic mass is 16.5. The summed E-state index contributed by atoms with van der Waals surface area (Å²) < 4.78 is 12.9. The van der Waals surface area contributed by atoms with Gasteiger partial charge in [0.25, 0.3) is 0 Å². The Morgan fingerprint density at radius 2 is 1.97 bits per heavy atom. The monoisotopic (exact) mass is 394 g/mol. The molecule has 2 amide bonds. The summed E-state index contributed by atoms with van der Waals surface area (Å²) in [6, 6.07) is 14.7. The quantitative estimate of drug-likeness (QED) is 0.575. The fourth-order valence-corrected chi connectivity index (χ4v) is 2.99. The summed E-state index contributed by atoms with van der Waals surface area (Å²) in [4.78, 5) is 16.9. The summed E-state index contributed by atoms with van der Waals surface area (Å²) in [5.41, 5.74) is 2.01. The Kier molecular flexibility index (Phi) is 6.73. The number of aromatic nitrogens is 2. The number of amides is 2. The molecule has 0 fully saturated rings. The minimum atomic E-state index is -0.414. The zero-order valence-electron chi connectivity index (χ0n) is 16.9. The molecule has 7 nitrogen and oxygen atoms in total. The Bertz CT molecular complexity index is 954. The molecule has 1 heterocycles. The number of urea groups is 1. The number of hydrogen-bond donors (Lipinski definition) is 2. The molecule has 2 N–H and O–H groups in total. The molecular formula is C22H26N4O3. The maximum atomic E-state index is 12.5. The summed E-state index contributed by atoms with van der Waals surface area (Å²) in [6.07, 6.45) is 3.55. The van der Waals surface area contributed by atoms with Crippen LogP contribution in [0.1, 0.15) is 23.0 Å². The molecule has 29 heavy (non-hydrogen) atoms. The highest BCUT2D eigenvalue weighted by Gasteiger charge is 2.21. The van der Waals surface area contributed by atoms with Crippen LogP contribution in [0.15, 0.2) is 60.9 Å². The predicted octanol–water partition coefficient (Wildman–Crippen LogP) is 3.20. The molecule has 0 saturated carbocycles. The number of ether oxygens (including phenoxy) is 2. The molecule has 1 atom stereocenters. The van der Waals surface area contributed by atoms with E-state index in [-0.39, 0.29) is 6.03 Å². The minimum Gasteiger partial charge on any atom is -0.497 e. The Balaban J connectivity index is 1.61. The van der Waals surface area contributed by atoms with Gasteiger partial charge in [-0.3, -0.25) is 0 Å². The van der Waals surface area contributed by atoms with E-state index in [2.05, 4.69) is 15.6 Å². The first-order valence-corrected chi connectivity index (χ1v) is 9.42. The van der Waals surface area contributed by atoms with Gasteiger partial charge in [-0.05, 0) is 42.3 Å². The Hall–Kier alpha value is -3.48. The largest absolute Gasteiger partial charge is 0.497 e. The molecule has 0 radical (unpaired) electrons. The molecular weight excluding hydrogens is 368 g/mol. The second kappa shape index (κ2) is 9.64. The lowest BCUT2D eigenvalue weighted by atomic mass is 10.1. The van der Waals surface area contributed by atoms with Crippen LogP contribution in [0.4, 0.5) is 4.79 Å². The Morgan fingerprint density at radius 1 is 1.17 bits per heavy atom. The van der Waals surface area contributed by atoms with E-state index in [9.17, 15) is 4.79 Å². The fraction of sp³-hybridized carbons (Fsp3) is 0.273. The lowest BCUT2D eigenvalue weighted by molar-refractivity contribution is 0.233. The van der Waals surface area contributed by atoms with Gasteiger partial charge in [-0.2, -0.15) is 0 Å². The Labute approximate surface area is 170 Å². The van der Waals surface area contributed by atoms with Gasteiger partial charge in [0.1, 0.15) is 30.0 Å².